The van der Waals surface area contributed by atoms with Gasteiger partial charge in [-0.25, -0.2) is 8.78 Å². The maximum Gasteiger partial charge on any atom is 0.220 e. The van der Waals surface area contributed by atoms with E-state index in [0.29, 0.717) is 31.0 Å². The summed E-state index contributed by atoms with van der Waals surface area (Å²) in [5.74, 6) is -0.385. The zero-order valence-corrected chi connectivity index (χ0v) is 15.7. The number of nitrogens with one attached hydrogen (secondary N) is 2. The minimum atomic E-state index is -0.498. The zero-order chi connectivity index (χ0) is 18.8. The van der Waals surface area contributed by atoms with E-state index in [9.17, 15) is 13.6 Å². The van der Waals surface area contributed by atoms with Crippen LogP contribution in [0.15, 0.2) is 18.2 Å². The molecule has 4 nitrogen and oxygen atoms in total. The van der Waals surface area contributed by atoms with Gasteiger partial charge in [-0.05, 0) is 63.1 Å². The van der Waals surface area contributed by atoms with Crippen molar-refractivity contribution in [3.63, 3.8) is 0 Å². The van der Waals surface area contributed by atoms with Gasteiger partial charge in [-0.2, -0.15) is 0 Å². The van der Waals surface area contributed by atoms with E-state index < -0.39 is 11.6 Å². The van der Waals surface area contributed by atoms with E-state index >= 15 is 0 Å². The lowest BCUT2D eigenvalue weighted by Crippen LogP contribution is -2.48. The van der Waals surface area contributed by atoms with E-state index in [1.54, 1.807) is 0 Å². The highest BCUT2D eigenvalue weighted by Crippen LogP contribution is 2.32. The molecular weight excluding hydrogens is 348 g/mol. The van der Waals surface area contributed by atoms with Crippen molar-refractivity contribution < 1.29 is 13.6 Å². The number of carbonyl (C=O) groups is 1. The highest BCUT2D eigenvalue weighted by molar-refractivity contribution is 5.76. The van der Waals surface area contributed by atoms with Crippen LogP contribution in [0.4, 0.5) is 8.78 Å². The number of halogens is 2. The molecule has 0 radical (unpaired) electrons. The molecule has 3 aliphatic rings. The van der Waals surface area contributed by atoms with Gasteiger partial charge in [0.15, 0.2) is 0 Å². The Hall–Kier alpha value is -1.53. The van der Waals surface area contributed by atoms with Gasteiger partial charge in [0.25, 0.3) is 0 Å². The van der Waals surface area contributed by atoms with Crippen molar-refractivity contribution in [1.82, 2.24) is 15.5 Å². The second-order valence-corrected chi connectivity index (χ2v) is 8.52. The lowest BCUT2D eigenvalue weighted by Gasteiger charge is -2.34. The second kappa shape index (κ2) is 8.23. The molecule has 6 heteroatoms. The number of nitrogens with zero attached hydrogens (tertiary/aromatic N) is 1. The Morgan fingerprint density at radius 3 is 2.56 bits per heavy atom. The van der Waals surface area contributed by atoms with Gasteiger partial charge >= 0.3 is 0 Å². The predicted molar refractivity (Wildman–Crippen MR) is 100 cm³/mol. The lowest BCUT2D eigenvalue weighted by atomic mass is 9.89. The standard InChI is InChI=1S/C21H29F2N3O/c22-19-4-1-5-20(23)18(19)13-26-8-2-3-17(12-26)25-21(27)11-14-9-15-6-7-16(10-14)24-15/h1,4-5,14-17,24H,2-3,6-13H2,(H,25,27). The van der Waals surface area contributed by atoms with Gasteiger partial charge in [-0.3, -0.25) is 9.69 Å². The number of hydrogen-bond donors (Lipinski definition) is 2. The number of rotatable bonds is 5. The first-order chi connectivity index (χ1) is 13.1. The van der Waals surface area contributed by atoms with Crippen LogP contribution in [0.3, 0.4) is 0 Å². The van der Waals surface area contributed by atoms with Gasteiger partial charge in [0.05, 0.1) is 0 Å². The summed E-state index contributed by atoms with van der Waals surface area (Å²) in [6.45, 7) is 1.71. The van der Waals surface area contributed by atoms with E-state index in [0.717, 1.165) is 32.2 Å². The largest absolute Gasteiger partial charge is 0.352 e. The molecule has 1 aromatic rings. The average Bonchev–Trinajstić information content (AvgIpc) is 2.97. The summed E-state index contributed by atoms with van der Waals surface area (Å²) in [6, 6.07) is 5.26. The van der Waals surface area contributed by atoms with Crippen LogP contribution in [0.2, 0.25) is 0 Å². The molecule has 3 saturated heterocycles. The van der Waals surface area contributed by atoms with Crippen molar-refractivity contribution in [2.45, 2.75) is 69.6 Å². The Morgan fingerprint density at radius 2 is 1.85 bits per heavy atom. The third kappa shape index (κ3) is 4.66. The van der Waals surface area contributed by atoms with E-state index in [1.165, 1.54) is 31.0 Å². The molecule has 1 amide bonds. The molecule has 3 heterocycles. The Balaban J connectivity index is 1.27. The SMILES string of the molecule is O=C(CC1CC2CCC(C1)N2)NC1CCCN(Cc2c(F)cccc2F)C1. The molecular formula is C21H29F2N3O. The van der Waals surface area contributed by atoms with Crippen LogP contribution < -0.4 is 10.6 Å². The Morgan fingerprint density at radius 1 is 1.15 bits per heavy atom. The monoisotopic (exact) mass is 377 g/mol. The molecule has 0 spiro atoms. The van der Waals surface area contributed by atoms with Crippen LogP contribution in [0.25, 0.3) is 0 Å². The van der Waals surface area contributed by atoms with E-state index in [1.807, 2.05) is 4.90 Å². The molecule has 2 bridgehead atoms. The Kier molecular flexibility index (Phi) is 5.74. The molecule has 3 aliphatic heterocycles. The summed E-state index contributed by atoms with van der Waals surface area (Å²) in [6.07, 6.45) is 7.16. The number of amides is 1. The fraction of sp³-hybridized carbons (Fsp3) is 0.667. The van der Waals surface area contributed by atoms with Crippen LogP contribution in [-0.4, -0.2) is 42.0 Å². The van der Waals surface area contributed by atoms with Gasteiger partial charge in [-0.1, -0.05) is 6.07 Å². The van der Waals surface area contributed by atoms with Crippen molar-refractivity contribution in [1.29, 1.82) is 0 Å². The van der Waals surface area contributed by atoms with Gasteiger partial charge in [0.2, 0.25) is 5.91 Å². The predicted octanol–water partition coefficient (Wildman–Crippen LogP) is 2.97. The Bertz CT molecular complexity index is 651. The molecule has 1 aromatic carbocycles. The highest BCUT2D eigenvalue weighted by atomic mass is 19.1. The maximum atomic E-state index is 13.9. The molecule has 2 N–H and O–H groups in total. The molecule has 3 fully saturated rings. The summed E-state index contributed by atoms with van der Waals surface area (Å²) in [5, 5.41) is 6.79. The van der Waals surface area contributed by atoms with Crippen molar-refractivity contribution in [2.75, 3.05) is 13.1 Å². The zero-order valence-electron chi connectivity index (χ0n) is 15.7. The minimum absolute atomic E-state index is 0.0690. The van der Waals surface area contributed by atoms with Crippen molar-refractivity contribution in [2.24, 2.45) is 5.92 Å². The third-order valence-corrected chi connectivity index (χ3v) is 6.36. The molecule has 148 valence electrons. The van der Waals surface area contributed by atoms with E-state index in [2.05, 4.69) is 10.6 Å². The molecule has 0 aliphatic carbocycles. The van der Waals surface area contributed by atoms with Crippen LogP contribution in [0.5, 0.6) is 0 Å². The Labute approximate surface area is 159 Å². The third-order valence-electron chi connectivity index (χ3n) is 6.36. The average molecular weight is 377 g/mol. The number of carbonyl (C=O) groups excluding carboxylic acids is 1. The summed E-state index contributed by atoms with van der Waals surface area (Å²) in [7, 11) is 0. The number of fused-ring (bicyclic) bond motifs is 2. The summed E-state index contributed by atoms with van der Waals surface area (Å²) < 4.78 is 27.8. The van der Waals surface area contributed by atoms with Crippen LogP contribution in [0.1, 0.15) is 50.5 Å². The smallest absolute Gasteiger partial charge is 0.220 e. The first kappa shape index (κ1) is 18.8. The fourth-order valence-corrected chi connectivity index (χ4v) is 5.11. The van der Waals surface area contributed by atoms with Crippen molar-refractivity contribution >= 4 is 5.91 Å². The first-order valence-electron chi connectivity index (χ1n) is 10.3. The van der Waals surface area contributed by atoms with Gasteiger partial charge in [0, 0.05) is 43.2 Å². The van der Waals surface area contributed by atoms with Crippen molar-refractivity contribution in [3.8, 4) is 0 Å². The van der Waals surface area contributed by atoms with E-state index in [-0.39, 0.29) is 24.1 Å². The van der Waals surface area contributed by atoms with Crippen LogP contribution in [0, 0.1) is 17.6 Å². The normalized spacial score (nSPS) is 31.0. The number of hydrogen-bond acceptors (Lipinski definition) is 3. The summed E-state index contributed by atoms with van der Waals surface area (Å²) in [5.41, 5.74) is 0.120. The van der Waals surface area contributed by atoms with Crippen molar-refractivity contribution in [3.05, 3.63) is 35.4 Å². The summed E-state index contributed by atoms with van der Waals surface area (Å²) in [4.78, 5) is 14.6. The maximum absolute atomic E-state index is 13.9. The quantitative estimate of drug-likeness (QED) is 0.829. The van der Waals surface area contributed by atoms with Gasteiger partial charge < -0.3 is 10.6 Å². The molecule has 4 rings (SSSR count). The number of piperidine rings is 2. The minimum Gasteiger partial charge on any atom is -0.352 e. The lowest BCUT2D eigenvalue weighted by molar-refractivity contribution is -0.123. The molecule has 0 aromatic heterocycles. The number of benzene rings is 1. The van der Waals surface area contributed by atoms with Crippen LogP contribution in [-0.2, 0) is 11.3 Å². The fourth-order valence-electron chi connectivity index (χ4n) is 5.11. The van der Waals surface area contributed by atoms with Gasteiger partial charge in [-0.15, -0.1) is 0 Å². The molecule has 3 atom stereocenters. The molecule has 3 unspecified atom stereocenters. The topological polar surface area (TPSA) is 44.4 Å². The number of likely N-dealkylation sites (tertiary alicyclic amines) is 1. The van der Waals surface area contributed by atoms with Gasteiger partial charge in [0.1, 0.15) is 11.6 Å². The summed E-state index contributed by atoms with van der Waals surface area (Å²) >= 11 is 0. The molecule has 27 heavy (non-hydrogen) atoms. The van der Waals surface area contributed by atoms with Crippen LogP contribution >= 0.6 is 0 Å². The van der Waals surface area contributed by atoms with E-state index in [4.69, 9.17) is 0 Å². The highest BCUT2D eigenvalue weighted by Gasteiger charge is 2.34. The first-order valence-corrected chi connectivity index (χ1v) is 10.3. The second-order valence-electron chi connectivity index (χ2n) is 8.52. The molecule has 0 saturated carbocycles.